The maximum atomic E-state index is 12.2. The van der Waals surface area contributed by atoms with Crippen molar-refractivity contribution in [1.82, 2.24) is 9.96 Å². The number of carboxylic acid groups (broad SMARTS) is 1. The molecule has 104 valence electrons. The van der Waals surface area contributed by atoms with Gasteiger partial charge in [0, 0.05) is 12.0 Å². The maximum absolute atomic E-state index is 12.2. The van der Waals surface area contributed by atoms with Gasteiger partial charge in [0.25, 0.3) is 5.91 Å². The van der Waals surface area contributed by atoms with Gasteiger partial charge in [0.2, 0.25) is 0 Å². The van der Waals surface area contributed by atoms with Crippen LogP contribution in [-0.2, 0) is 9.63 Å². The summed E-state index contributed by atoms with van der Waals surface area (Å²) in [4.78, 5) is 41.9. The number of imide groups is 1. The molecule has 1 aromatic rings. The monoisotopic (exact) mass is 276 g/mol. The number of amides is 3. The standard InChI is InChI=1S/C13H12N2O5/c16-11(8-4-2-1-3-5-8)15-13(19)14-7-9(20-15)6-10(14)12(17)18/h1-5,9-10H,6-7H2,(H,17,18)/t9-,10?/m0/s1. The minimum atomic E-state index is -1.08. The second kappa shape index (κ2) is 4.61. The zero-order valence-corrected chi connectivity index (χ0v) is 10.4. The van der Waals surface area contributed by atoms with E-state index in [-0.39, 0.29) is 13.0 Å². The van der Waals surface area contributed by atoms with E-state index in [1.54, 1.807) is 30.3 Å². The molecule has 2 saturated heterocycles. The van der Waals surface area contributed by atoms with Gasteiger partial charge in [-0.1, -0.05) is 18.2 Å². The summed E-state index contributed by atoms with van der Waals surface area (Å²) in [5, 5.41) is 9.73. The summed E-state index contributed by atoms with van der Waals surface area (Å²) >= 11 is 0. The van der Waals surface area contributed by atoms with Gasteiger partial charge in [0.05, 0.1) is 6.54 Å². The summed E-state index contributed by atoms with van der Waals surface area (Å²) in [6.45, 7) is 0.203. The van der Waals surface area contributed by atoms with E-state index in [0.717, 1.165) is 4.90 Å². The molecule has 2 aliphatic heterocycles. The molecule has 0 saturated carbocycles. The average Bonchev–Trinajstić information content (AvgIpc) is 2.83. The minimum Gasteiger partial charge on any atom is -0.480 e. The Labute approximate surface area is 114 Å². The van der Waals surface area contributed by atoms with Gasteiger partial charge < -0.3 is 10.0 Å². The van der Waals surface area contributed by atoms with E-state index < -0.39 is 30.1 Å². The van der Waals surface area contributed by atoms with Crippen LogP contribution < -0.4 is 0 Å². The highest BCUT2D eigenvalue weighted by Crippen LogP contribution is 2.29. The Morgan fingerprint density at radius 3 is 2.60 bits per heavy atom. The average molecular weight is 276 g/mol. The zero-order chi connectivity index (χ0) is 14.3. The highest BCUT2D eigenvalue weighted by atomic mass is 16.7. The highest BCUT2D eigenvalue weighted by molar-refractivity contribution is 6.04. The Hall–Kier alpha value is -2.41. The van der Waals surface area contributed by atoms with Gasteiger partial charge in [-0.05, 0) is 12.1 Å². The van der Waals surface area contributed by atoms with Gasteiger partial charge in [-0.2, -0.15) is 0 Å². The molecule has 0 radical (unpaired) electrons. The van der Waals surface area contributed by atoms with Crippen molar-refractivity contribution in [3.8, 4) is 0 Å². The largest absolute Gasteiger partial charge is 0.480 e. The van der Waals surface area contributed by atoms with Gasteiger partial charge in [-0.25, -0.2) is 9.59 Å². The van der Waals surface area contributed by atoms with Gasteiger partial charge >= 0.3 is 12.0 Å². The first-order chi connectivity index (χ1) is 9.58. The fourth-order valence-corrected chi connectivity index (χ4v) is 2.46. The Morgan fingerprint density at radius 2 is 1.95 bits per heavy atom. The van der Waals surface area contributed by atoms with E-state index in [0.29, 0.717) is 10.6 Å². The quantitative estimate of drug-likeness (QED) is 0.860. The molecule has 2 bridgehead atoms. The predicted octanol–water partition coefficient (Wildman–Crippen LogP) is 0.721. The summed E-state index contributed by atoms with van der Waals surface area (Å²) in [7, 11) is 0. The second-order valence-electron chi connectivity index (χ2n) is 4.72. The molecular weight excluding hydrogens is 264 g/mol. The van der Waals surface area contributed by atoms with Crippen molar-refractivity contribution >= 4 is 17.9 Å². The summed E-state index contributed by atoms with van der Waals surface area (Å²) in [5.74, 6) is -1.67. The number of fused-ring (bicyclic) bond motifs is 2. The topological polar surface area (TPSA) is 87.2 Å². The number of carboxylic acids is 1. The van der Waals surface area contributed by atoms with Crippen molar-refractivity contribution in [2.75, 3.05) is 6.54 Å². The molecule has 0 aromatic heterocycles. The SMILES string of the molecule is O=C(O)C1C[C@H]2CN1C(=O)N(C(=O)c1ccccc1)O2. The third kappa shape index (κ3) is 1.92. The van der Waals surface area contributed by atoms with Crippen LogP contribution in [0.1, 0.15) is 16.8 Å². The Kier molecular flexibility index (Phi) is 2.90. The van der Waals surface area contributed by atoms with Crippen LogP contribution in [0.4, 0.5) is 4.79 Å². The fraction of sp³-hybridized carbons (Fsp3) is 0.308. The molecule has 1 aromatic carbocycles. The number of rotatable bonds is 2. The number of hydrogen-bond donors (Lipinski definition) is 1. The molecular formula is C13H12N2O5. The first kappa shape index (κ1) is 12.6. The third-order valence-electron chi connectivity index (χ3n) is 3.43. The van der Waals surface area contributed by atoms with E-state index in [9.17, 15) is 14.4 Å². The van der Waals surface area contributed by atoms with Gasteiger partial charge in [0.1, 0.15) is 12.1 Å². The summed E-state index contributed by atoms with van der Waals surface area (Å²) < 4.78 is 0. The molecule has 2 aliphatic rings. The molecule has 0 spiro atoms. The predicted molar refractivity (Wildman–Crippen MR) is 65.6 cm³/mol. The Bertz CT molecular complexity index is 573. The van der Waals surface area contributed by atoms with E-state index in [4.69, 9.17) is 9.94 Å². The molecule has 2 atom stereocenters. The summed E-state index contributed by atoms with van der Waals surface area (Å²) in [6.07, 6.45) is -0.263. The number of urea groups is 1. The lowest BCUT2D eigenvalue weighted by molar-refractivity contribution is -0.147. The van der Waals surface area contributed by atoms with Crippen molar-refractivity contribution in [3.63, 3.8) is 0 Å². The van der Waals surface area contributed by atoms with Crippen molar-refractivity contribution in [2.24, 2.45) is 0 Å². The Balaban J connectivity index is 1.85. The number of hydrogen-bond acceptors (Lipinski definition) is 4. The lowest BCUT2D eigenvalue weighted by Crippen LogP contribution is -2.53. The number of hydroxylamine groups is 2. The molecule has 2 heterocycles. The van der Waals surface area contributed by atoms with Crippen LogP contribution in [-0.4, -0.2) is 51.7 Å². The summed E-state index contributed by atoms with van der Waals surface area (Å²) in [5.41, 5.74) is 0.315. The molecule has 7 heteroatoms. The molecule has 2 fully saturated rings. The van der Waals surface area contributed by atoms with Gasteiger partial charge in [-0.15, -0.1) is 5.06 Å². The van der Waals surface area contributed by atoms with Gasteiger partial charge in [0.15, 0.2) is 0 Å². The van der Waals surface area contributed by atoms with Crippen LogP contribution in [0.3, 0.4) is 0 Å². The molecule has 20 heavy (non-hydrogen) atoms. The van der Waals surface area contributed by atoms with Crippen molar-refractivity contribution in [2.45, 2.75) is 18.6 Å². The fourth-order valence-electron chi connectivity index (χ4n) is 2.46. The van der Waals surface area contributed by atoms with Crippen molar-refractivity contribution < 1.29 is 24.3 Å². The number of nitrogens with zero attached hydrogens (tertiary/aromatic N) is 2. The van der Waals surface area contributed by atoms with Crippen LogP contribution in [0, 0.1) is 0 Å². The number of aliphatic carboxylic acids is 1. The van der Waals surface area contributed by atoms with Crippen LogP contribution in [0.5, 0.6) is 0 Å². The van der Waals surface area contributed by atoms with E-state index >= 15 is 0 Å². The van der Waals surface area contributed by atoms with Crippen LogP contribution in [0.25, 0.3) is 0 Å². The molecule has 3 rings (SSSR count). The van der Waals surface area contributed by atoms with Gasteiger partial charge in [-0.3, -0.25) is 9.63 Å². The Morgan fingerprint density at radius 1 is 1.25 bits per heavy atom. The highest BCUT2D eigenvalue weighted by Gasteiger charge is 2.49. The zero-order valence-electron chi connectivity index (χ0n) is 10.4. The lowest BCUT2D eigenvalue weighted by atomic mass is 10.2. The third-order valence-corrected chi connectivity index (χ3v) is 3.43. The van der Waals surface area contributed by atoms with Crippen molar-refractivity contribution in [3.05, 3.63) is 35.9 Å². The molecule has 0 aliphatic carbocycles. The van der Waals surface area contributed by atoms with Crippen LogP contribution in [0.2, 0.25) is 0 Å². The first-order valence-electron chi connectivity index (χ1n) is 6.17. The van der Waals surface area contributed by atoms with E-state index in [1.807, 2.05) is 0 Å². The molecule has 1 unspecified atom stereocenters. The smallest absolute Gasteiger partial charge is 0.352 e. The normalized spacial score (nSPS) is 24.9. The maximum Gasteiger partial charge on any atom is 0.352 e. The minimum absolute atomic E-state index is 0.194. The molecule has 3 amide bonds. The first-order valence-corrected chi connectivity index (χ1v) is 6.17. The number of carbonyl (C=O) groups is 3. The molecule has 7 nitrogen and oxygen atoms in total. The van der Waals surface area contributed by atoms with Crippen molar-refractivity contribution in [1.29, 1.82) is 0 Å². The lowest BCUT2D eigenvalue weighted by Gasteiger charge is -2.32. The van der Waals surface area contributed by atoms with Crippen LogP contribution in [0.15, 0.2) is 30.3 Å². The van der Waals surface area contributed by atoms with E-state index in [1.165, 1.54) is 0 Å². The van der Waals surface area contributed by atoms with E-state index in [2.05, 4.69) is 0 Å². The second-order valence-corrected chi connectivity index (χ2v) is 4.72. The molecule has 1 N–H and O–H groups in total. The van der Waals surface area contributed by atoms with Crippen LogP contribution >= 0.6 is 0 Å². The number of benzene rings is 1. The number of carbonyl (C=O) groups excluding carboxylic acids is 2. The summed E-state index contributed by atoms with van der Waals surface area (Å²) in [6, 6.07) is 6.59.